The van der Waals surface area contributed by atoms with Crippen LogP contribution in [-0.2, 0) is 0 Å². The van der Waals surface area contributed by atoms with Gasteiger partial charge in [-0.25, -0.2) is 0 Å². The quantitative estimate of drug-likeness (QED) is 0.342. The van der Waals surface area contributed by atoms with E-state index in [0.717, 1.165) is 23.5 Å². The van der Waals surface area contributed by atoms with Crippen molar-refractivity contribution < 1.29 is 0 Å². The van der Waals surface area contributed by atoms with Crippen LogP contribution in [0.5, 0.6) is 0 Å². The van der Waals surface area contributed by atoms with Crippen LogP contribution < -0.4 is 0 Å². The molecule has 0 aliphatic rings. The minimum Gasteiger partial charge on any atom is -0.173 e. The molecule has 0 radical (unpaired) electrons. The van der Waals surface area contributed by atoms with Crippen molar-refractivity contribution in [2.45, 2.75) is 0 Å². The molecule has 0 aliphatic carbocycles. The predicted molar refractivity (Wildman–Crippen MR) is 86.9 cm³/mol. The number of rotatable bonds is 4. The lowest BCUT2D eigenvalue weighted by Gasteiger charge is -2.20. The highest BCUT2D eigenvalue weighted by Gasteiger charge is 2.30. The van der Waals surface area contributed by atoms with Gasteiger partial charge < -0.3 is 0 Å². The third-order valence-electron chi connectivity index (χ3n) is 2.37. The molecule has 0 aliphatic heterocycles. The summed E-state index contributed by atoms with van der Waals surface area (Å²) in [5.41, 5.74) is 0. The topological polar surface area (TPSA) is 0 Å². The van der Waals surface area contributed by atoms with Gasteiger partial charge in [0.2, 0.25) is 0 Å². The predicted octanol–water partition coefficient (Wildman–Crippen LogP) is -5.87. The molecule has 0 amide bonds. The number of halogens is 1. The maximum absolute atomic E-state index is 2.61. The van der Waals surface area contributed by atoms with Crippen molar-refractivity contribution in [2.75, 3.05) is 0 Å². The molecule has 0 saturated carbocycles. The van der Waals surface area contributed by atoms with E-state index in [1.165, 1.54) is 7.06 Å². The molecular formula is H11B10I. The Balaban J connectivity index is 4.02. The molecule has 0 N–H and O–H groups in total. The zero-order chi connectivity index (χ0) is 9.02. The van der Waals surface area contributed by atoms with Crippen LogP contribution in [0.1, 0.15) is 0 Å². The van der Waals surface area contributed by atoms with Gasteiger partial charge in [0.1, 0.15) is 4.35 Å². The van der Waals surface area contributed by atoms with Crippen molar-refractivity contribution in [1.82, 2.24) is 0 Å². The Labute approximate surface area is 91.3 Å². The molecular weight excluding hydrogens is 235 g/mol. The maximum atomic E-state index is 2.61. The summed E-state index contributed by atoms with van der Waals surface area (Å²) in [4.78, 5) is 0. The molecule has 0 aromatic carbocycles. The van der Waals surface area contributed by atoms with Crippen LogP contribution in [0.3, 0.4) is 0 Å². The van der Waals surface area contributed by atoms with Crippen molar-refractivity contribution in [1.29, 1.82) is 0 Å². The van der Waals surface area contributed by atoms with Crippen LogP contribution in [0.4, 0.5) is 0 Å². The maximum Gasteiger partial charge on any atom is 0.122 e. The summed E-state index contributed by atoms with van der Waals surface area (Å²) < 4.78 is 0.845. The van der Waals surface area contributed by atoms with Crippen LogP contribution >= 0.6 is 22.4 Å². The SMILES string of the molecule is BBB(B(B)B)B(I)B(B)B. The van der Waals surface area contributed by atoms with Crippen LogP contribution in [0.2, 0.25) is 0 Å². The first-order chi connectivity index (χ1) is 5.00. The van der Waals surface area contributed by atoms with Crippen LogP contribution in [0.25, 0.3) is 0 Å². The molecule has 48 valence electrons. The summed E-state index contributed by atoms with van der Waals surface area (Å²) in [5, 5.41) is 0. The van der Waals surface area contributed by atoms with Crippen LogP contribution in [0, 0.1) is 0 Å². The largest absolute Gasteiger partial charge is 0.173 e. The van der Waals surface area contributed by atoms with Crippen molar-refractivity contribution in [2.24, 2.45) is 0 Å². The van der Waals surface area contributed by atoms with Gasteiger partial charge >= 0.3 is 0 Å². The van der Waals surface area contributed by atoms with Crippen molar-refractivity contribution >= 4 is 91.6 Å². The minimum absolute atomic E-state index is 0.822. The van der Waals surface area contributed by atoms with Gasteiger partial charge in [0.25, 0.3) is 0 Å². The highest BCUT2D eigenvalue weighted by atomic mass is 127. The van der Waals surface area contributed by atoms with Gasteiger partial charge in [-0.3, -0.25) is 0 Å². The molecule has 0 saturated heterocycles. The van der Waals surface area contributed by atoms with E-state index in [-0.39, 0.29) is 0 Å². The van der Waals surface area contributed by atoms with Gasteiger partial charge in [0.15, 0.2) is 0 Å². The molecule has 11 heavy (non-hydrogen) atoms. The summed E-state index contributed by atoms with van der Waals surface area (Å²) in [6.07, 6.45) is 2.56. The van der Waals surface area contributed by atoms with E-state index in [1.807, 2.05) is 0 Å². The fourth-order valence-corrected chi connectivity index (χ4v) is 2.90. The van der Waals surface area contributed by atoms with E-state index in [1.54, 1.807) is 0 Å². The van der Waals surface area contributed by atoms with Crippen molar-refractivity contribution in [3.05, 3.63) is 0 Å². The second-order valence-electron chi connectivity index (χ2n) is 4.00. The Morgan fingerprint density at radius 2 is 1.45 bits per heavy atom. The van der Waals surface area contributed by atoms with E-state index < -0.39 is 0 Å². The lowest BCUT2D eigenvalue weighted by atomic mass is 8.66. The van der Waals surface area contributed by atoms with Gasteiger partial charge in [-0.05, 0) is 0 Å². The Morgan fingerprint density at radius 1 is 1.00 bits per heavy atom. The Kier molecular flexibility index (Phi) is 6.67. The molecule has 0 atom stereocenters. The molecule has 0 fully saturated rings. The van der Waals surface area contributed by atoms with Gasteiger partial charge in [0.05, 0.1) is 38.7 Å². The molecule has 0 nitrogen and oxygen atoms in total. The second-order valence-corrected chi connectivity index (χ2v) is 5.44. The highest BCUT2D eigenvalue weighted by molar-refractivity contribution is 14.1. The molecule has 0 aromatic heterocycles. The zero-order valence-electron chi connectivity index (χ0n) is 8.39. The lowest BCUT2D eigenvalue weighted by molar-refractivity contribution is 3.58. The second kappa shape index (κ2) is 5.93. The van der Waals surface area contributed by atoms with Crippen LogP contribution in [-0.4, -0.2) is 69.3 Å². The standard InChI is InChI=1S/B10H11I/c1-6-9(7(2)3)10(11)8(4)5/h6H,1-5H2. The summed E-state index contributed by atoms with van der Waals surface area (Å²) in [6, 6.07) is 0. The zero-order valence-corrected chi connectivity index (χ0v) is 10.6. The molecule has 0 rings (SSSR count). The summed E-state index contributed by atoms with van der Waals surface area (Å²) in [5.74, 6) is 0. The first-order valence-electron chi connectivity index (χ1n) is 4.64. The summed E-state index contributed by atoms with van der Waals surface area (Å²) >= 11 is 2.61. The van der Waals surface area contributed by atoms with E-state index in [9.17, 15) is 0 Å². The fourth-order valence-electron chi connectivity index (χ4n) is 1.56. The van der Waals surface area contributed by atoms with Gasteiger partial charge in [-0.1, -0.05) is 0 Å². The lowest BCUT2D eigenvalue weighted by Crippen LogP contribution is -2.59. The fraction of sp³-hybridized carbons (Fsp3) is 0. The Hall–Kier alpha value is 1.38. The van der Waals surface area contributed by atoms with Gasteiger partial charge in [0, 0.05) is 26.2 Å². The monoisotopic (exact) mass is 248 g/mol. The molecule has 0 spiro atoms. The first kappa shape index (κ1) is 12.4. The third-order valence-corrected chi connectivity index (χ3v) is 4.74. The molecule has 0 unspecified atom stereocenters. The smallest absolute Gasteiger partial charge is 0.122 e. The molecule has 0 heterocycles. The minimum atomic E-state index is 0.822. The van der Waals surface area contributed by atoms with E-state index in [2.05, 4.69) is 61.1 Å². The number of hydrogen-bond donors (Lipinski definition) is 0. The molecule has 0 aromatic rings. The van der Waals surface area contributed by atoms with E-state index in [4.69, 9.17) is 0 Å². The van der Waals surface area contributed by atoms with E-state index >= 15 is 0 Å². The van der Waals surface area contributed by atoms with Gasteiger partial charge in [-0.2, -0.15) is 22.4 Å². The summed E-state index contributed by atoms with van der Waals surface area (Å²) in [6.45, 7) is 0. The van der Waals surface area contributed by atoms with Crippen molar-refractivity contribution in [3.63, 3.8) is 0 Å². The third kappa shape index (κ3) is 4.23. The highest BCUT2D eigenvalue weighted by Crippen LogP contribution is 2.00. The van der Waals surface area contributed by atoms with Crippen molar-refractivity contribution in [3.8, 4) is 0 Å². The average Bonchev–Trinajstić information content (AvgIpc) is 1.88. The van der Waals surface area contributed by atoms with E-state index in [0.29, 0.717) is 0 Å². The normalized spacial score (nSPS) is 8.45. The average molecular weight is 246 g/mol. The molecule has 0 bridgehead atoms. The van der Waals surface area contributed by atoms with Gasteiger partial charge in [-0.15, -0.1) is 0 Å². The van der Waals surface area contributed by atoms with Crippen LogP contribution in [0.15, 0.2) is 0 Å². The summed E-state index contributed by atoms with van der Waals surface area (Å²) in [7, 11) is 12.9. The Bertz CT molecular complexity index is 97.0. The number of hydrogen-bond acceptors (Lipinski definition) is 0. The first-order valence-corrected chi connectivity index (χ1v) is 5.89. The molecule has 11 heteroatoms. The Morgan fingerprint density at radius 3 is 1.55 bits per heavy atom.